The summed E-state index contributed by atoms with van der Waals surface area (Å²) >= 11 is 0. The molecule has 2 rings (SSSR count). The minimum Gasteiger partial charge on any atom is -0.345 e. The second kappa shape index (κ2) is 6.52. The van der Waals surface area contributed by atoms with Crippen molar-refractivity contribution in [3.63, 3.8) is 0 Å². The van der Waals surface area contributed by atoms with Gasteiger partial charge in [0.15, 0.2) is 0 Å². The third-order valence-corrected chi connectivity index (χ3v) is 3.43. The number of nitrogens with zero attached hydrogens (tertiary/aromatic N) is 1. The first-order valence-electron chi connectivity index (χ1n) is 6.94. The maximum absolute atomic E-state index is 12.0. The Morgan fingerprint density at radius 1 is 1.20 bits per heavy atom. The Hall–Kier alpha value is -1.88. The summed E-state index contributed by atoms with van der Waals surface area (Å²) in [7, 11) is 3.43. The van der Waals surface area contributed by atoms with Crippen LogP contribution in [0.25, 0.3) is 0 Å². The van der Waals surface area contributed by atoms with Crippen LogP contribution in [-0.4, -0.2) is 43.4 Å². The predicted octanol–water partition coefficient (Wildman–Crippen LogP) is 1.47. The van der Waals surface area contributed by atoms with Crippen molar-refractivity contribution in [3.8, 4) is 0 Å². The van der Waals surface area contributed by atoms with Crippen LogP contribution in [0.2, 0.25) is 0 Å². The first kappa shape index (κ1) is 14.5. The molecule has 0 bridgehead atoms. The lowest BCUT2D eigenvalue weighted by atomic mass is 10.0. The number of hydrogen-bond acceptors (Lipinski definition) is 3. The van der Waals surface area contributed by atoms with Gasteiger partial charge in [0.1, 0.15) is 0 Å². The van der Waals surface area contributed by atoms with Gasteiger partial charge >= 0.3 is 0 Å². The molecule has 5 nitrogen and oxygen atoms in total. The lowest BCUT2D eigenvalue weighted by molar-refractivity contribution is -0.118. The standard InChI is InChI=1S/C15H21N3O2/c1-18(2)15(20)11-6-8-12(9-7-11)17-14(19)13-5-3-4-10-16-13/h6-9,13,16H,3-5,10H2,1-2H3,(H,17,19)/t13-/m1/s1. The van der Waals surface area contributed by atoms with Crippen LogP contribution in [0.4, 0.5) is 5.69 Å². The molecule has 0 aromatic heterocycles. The van der Waals surface area contributed by atoms with Crippen molar-refractivity contribution in [2.24, 2.45) is 0 Å². The van der Waals surface area contributed by atoms with E-state index < -0.39 is 0 Å². The van der Waals surface area contributed by atoms with Gasteiger partial charge < -0.3 is 15.5 Å². The van der Waals surface area contributed by atoms with Crippen molar-refractivity contribution in [3.05, 3.63) is 29.8 Å². The normalized spacial score (nSPS) is 18.4. The molecule has 5 heteroatoms. The molecule has 1 fully saturated rings. The smallest absolute Gasteiger partial charge is 0.253 e. The van der Waals surface area contributed by atoms with Crippen molar-refractivity contribution < 1.29 is 9.59 Å². The summed E-state index contributed by atoms with van der Waals surface area (Å²) in [6, 6.07) is 6.87. The number of piperidine rings is 1. The zero-order valence-electron chi connectivity index (χ0n) is 12.0. The Bertz CT molecular complexity index is 476. The van der Waals surface area contributed by atoms with Crippen LogP contribution in [0.1, 0.15) is 29.6 Å². The van der Waals surface area contributed by atoms with Crippen molar-refractivity contribution in [2.45, 2.75) is 25.3 Å². The minimum absolute atomic E-state index is 0.00335. The maximum atomic E-state index is 12.0. The van der Waals surface area contributed by atoms with Gasteiger partial charge in [0.2, 0.25) is 5.91 Å². The van der Waals surface area contributed by atoms with E-state index in [1.165, 1.54) is 4.90 Å². The summed E-state index contributed by atoms with van der Waals surface area (Å²) in [4.78, 5) is 25.3. The molecule has 1 heterocycles. The maximum Gasteiger partial charge on any atom is 0.253 e. The van der Waals surface area contributed by atoms with Crippen LogP contribution >= 0.6 is 0 Å². The largest absolute Gasteiger partial charge is 0.345 e. The topological polar surface area (TPSA) is 61.4 Å². The average molecular weight is 275 g/mol. The SMILES string of the molecule is CN(C)C(=O)c1ccc(NC(=O)[C@H]2CCCCN2)cc1. The molecule has 0 aliphatic carbocycles. The number of amides is 2. The fraction of sp³-hybridized carbons (Fsp3) is 0.467. The van der Waals surface area contributed by atoms with E-state index >= 15 is 0 Å². The summed E-state index contributed by atoms with van der Waals surface area (Å²) in [6.07, 6.45) is 3.09. The van der Waals surface area contributed by atoms with E-state index in [1.54, 1.807) is 38.4 Å². The van der Waals surface area contributed by atoms with Crippen LogP contribution in [-0.2, 0) is 4.79 Å². The van der Waals surface area contributed by atoms with E-state index in [9.17, 15) is 9.59 Å². The number of benzene rings is 1. The number of anilines is 1. The molecule has 2 N–H and O–H groups in total. The van der Waals surface area contributed by atoms with E-state index in [-0.39, 0.29) is 17.9 Å². The highest BCUT2D eigenvalue weighted by atomic mass is 16.2. The van der Waals surface area contributed by atoms with E-state index in [4.69, 9.17) is 0 Å². The molecule has 0 spiro atoms. The van der Waals surface area contributed by atoms with Gasteiger partial charge in [-0.05, 0) is 43.7 Å². The van der Waals surface area contributed by atoms with Gasteiger partial charge in [0.25, 0.3) is 5.91 Å². The molecule has 1 saturated heterocycles. The average Bonchev–Trinajstić information content (AvgIpc) is 2.48. The third-order valence-electron chi connectivity index (χ3n) is 3.43. The number of hydrogen-bond donors (Lipinski definition) is 2. The van der Waals surface area contributed by atoms with Crippen LogP contribution in [0, 0.1) is 0 Å². The third kappa shape index (κ3) is 3.57. The predicted molar refractivity (Wildman–Crippen MR) is 78.7 cm³/mol. The molecule has 1 aliphatic heterocycles. The Kier molecular flexibility index (Phi) is 4.74. The van der Waals surface area contributed by atoms with E-state index in [0.29, 0.717) is 5.56 Å². The quantitative estimate of drug-likeness (QED) is 0.878. The second-order valence-electron chi connectivity index (χ2n) is 5.27. The van der Waals surface area contributed by atoms with Crippen molar-refractivity contribution in [2.75, 3.05) is 26.0 Å². The summed E-state index contributed by atoms with van der Waals surface area (Å²) in [5, 5.41) is 6.09. The molecule has 20 heavy (non-hydrogen) atoms. The first-order chi connectivity index (χ1) is 9.58. The van der Waals surface area contributed by atoms with Gasteiger partial charge in [-0.1, -0.05) is 6.42 Å². The highest BCUT2D eigenvalue weighted by molar-refractivity contribution is 5.97. The van der Waals surface area contributed by atoms with E-state index in [2.05, 4.69) is 10.6 Å². The number of nitrogens with one attached hydrogen (secondary N) is 2. The highest BCUT2D eigenvalue weighted by Crippen LogP contribution is 2.13. The zero-order chi connectivity index (χ0) is 14.5. The Balaban J connectivity index is 1.96. The van der Waals surface area contributed by atoms with Crippen LogP contribution in [0.15, 0.2) is 24.3 Å². The highest BCUT2D eigenvalue weighted by Gasteiger charge is 2.20. The fourth-order valence-corrected chi connectivity index (χ4v) is 2.26. The molecule has 0 saturated carbocycles. The Morgan fingerprint density at radius 3 is 2.45 bits per heavy atom. The van der Waals surface area contributed by atoms with Crippen LogP contribution < -0.4 is 10.6 Å². The summed E-state index contributed by atoms with van der Waals surface area (Å²) < 4.78 is 0. The summed E-state index contributed by atoms with van der Waals surface area (Å²) in [6.45, 7) is 0.897. The molecule has 1 aromatic rings. The van der Waals surface area contributed by atoms with E-state index in [1.807, 2.05) is 0 Å². The summed E-state index contributed by atoms with van der Waals surface area (Å²) in [5.41, 5.74) is 1.33. The molecule has 108 valence electrons. The van der Waals surface area contributed by atoms with Gasteiger partial charge in [0, 0.05) is 25.3 Å². The Morgan fingerprint density at radius 2 is 1.90 bits per heavy atom. The van der Waals surface area contributed by atoms with Crippen molar-refractivity contribution in [1.29, 1.82) is 0 Å². The van der Waals surface area contributed by atoms with Gasteiger partial charge in [-0.15, -0.1) is 0 Å². The summed E-state index contributed by atoms with van der Waals surface area (Å²) in [5.74, 6) is -0.0480. The van der Waals surface area contributed by atoms with Gasteiger partial charge in [0.05, 0.1) is 6.04 Å². The molecule has 1 aliphatic rings. The molecule has 0 radical (unpaired) electrons. The second-order valence-corrected chi connectivity index (χ2v) is 5.27. The van der Waals surface area contributed by atoms with Crippen molar-refractivity contribution in [1.82, 2.24) is 10.2 Å². The lowest BCUT2D eigenvalue weighted by Crippen LogP contribution is -2.43. The fourth-order valence-electron chi connectivity index (χ4n) is 2.26. The van der Waals surface area contributed by atoms with Crippen LogP contribution in [0.5, 0.6) is 0 Å². The molecule has 2 amide bonds. The van der Waals surface area contributed by atoms with Gasteiger partial charge in [-0.3, -0.25) is 9.59 Å². The number of rotatable bonds is 3. The first-order valence-corrected chi connectivity index (χ1v) is 6.94. The molecule has 1 atom stereocenters. The number of carbonyl (C=O) groups is 2. The molecule has 0 unspecified atom stereocenters. The monoisotopic (exact) mass is 275 g/mol. The minimum atomic E-state index is -0.105. The van der Waals surface area contributed by atoms with E-state index in [0.717, 1.165) is 31.5 Å². The van der Waals surface area contributed by atoms with Crippen LogP contribution in [0.3, 0.4) is 0 Å². The lowest BCUT2D eigenvalue weighted by Gasteiger charge is -2.22. The zero-order valence-corrected chi connectivity index (χ0v) is 12.0. The molecular formula is C15H21N3O2. The molecular weight excluding hydrogens is 254 g/mol. The molecule has 1 aromatic carbocycles. The number of carbonyl (C=O) groups excluding carboxylic acids is 2. The van der Waals surface area contributed by atoms with Gasteiger partial charge in [-0.2, -0.15) is 0 Å². The van der Waals surface area contributed by atoms with Gasteiger partial charge in [-0.25, -0.2) is 0 Å². The van der Waals surface area contributed by atoms with Crippen molar-refractivity contribution >= 4 is 17.5 Å². The Labute approximate surface area is 119 Å².